The minimum Gasteiger partial charge on any atom is -0.387 e. The predicted octanol–water partition coefficient (Wildman–Crippen LogP) is 2.88. The van der Waals surface area contributed by atoms with Crippen LogP contribution in [-0.2, 0) is 14.4 Å². The standard InChI is InChI=1S/C20H21N3O3/c1-13-7-6-8-14(2)19(13)22-18(24)12-21-20(25)16-11-17(26-23-16)15-9-4-3-5-10-15/h3-10,17H,11-12H2,1-2H3,(H,21,25)(H,22,24). The Kier molecular flexibility index (Phi) is 5.31. The van der Waals surface area contributed by atoms with Crippen molar-refractivity contribution in [2.24, 2.45) is 5.16 Å². The van der Waals surface area contributed by atoms with Gasteiger partial charge in [0.25, 0.3) is 5.91 Å². The van der Waals surface area contributed by atoms with E-state index in [1.165, 1.54) is 0 Å². The van der Waals surface area contributed by atoms with Crippen LogP contribution in [0.3, 0.4) is 0 Å². The predicted molar refractivity (Wildman–Crippen MR) is 99.9 cm³/mol. The van der Waals surface area contributed by atoms with E-state index in [1.807, 2.05) is 62.4 Å². The van der Waals surface area contributed by atoms with Gasteiger partial charge in [0.2, 0.25) is 5.91 Å². The molecular weight excluding hydrogens is 330 g/mol. The first-order valence-electron chi connectivity index (χ1n) is 8.46. The smallest absolute Gasteiger partial charge is 0.269 e. The Morgan fingerprint density at radius 1 is 1.08 bits per heavy atom. The van der Waals surface area contributed by atoms with Crippen LogP contribution in [-0.4, -0.2) is 24.1 Å². The quantitative estimate of drug-likeness (QED) is 0.869. The van der Waals surface area contributed by atoms with E-state index in [9.17, 15) is 9.59 Å². The van der Waals surface area contributed by atoms with Crippen LogP contribution in [0.1, 0.15) is 29.2 Å². The zero-order chi connectivity index (χ0) is 18.5. The molecule has 2 amide bonds. The third kappa shape index (κ3) is 4.08. The van der Waals surface area contributed by atoms with Crippen LogP contribution in [0, 0.1) is 13.8 Å². The molecule has 0 saturated carbocycles. The largest absolute Gasteiger partial charge is 0.387 e. The highest BCUT2D eigenvalue weighted by Crippen LogP contribution is 2.26. The summed E-state index contributed by atoms with van der Waals surface area (Å²) in [6.45, 7) is 3.73. The topological polar surface area (TPSA) is 79.8 Å². The summed E-state index contributed by atoms with van der Waals surface area (Å²) in [7, 11) is 0. The lowest BCUT2D eigenvalue weighted by Crippen LogP contribution is -2.37. The molecule has 1 aliphatic heterocycles. The van der Waals surface area contributed by atoms with Gasteiger partial charge in [-0.2, -0.15) is 0 Å². The Bertz CT molecular complexity index is 826. The van der Waals surface area contributed by atoms with Crippen molar-refractivity contribution in [1.29, 1.82) is 0 Å². The molecule has 6 nitrogen and oxygen atoms in total. The number of hydrogen-bond donors (Lipinski definition) is 2. The molecule has 1 aliphatic rings. The molecule has 1 heterocycles. The molecular formula is C20H21N3O3. The normalized spacial score (nSPS) is 15.8. The van der Waals surface area contributed by atoms with Crippen molar-refractivity contribution in [1.82, 2.24) is 5.32 Å². The molecule has 1 unspecified atom stereocenters. The maximum Gasteiger partial charge on any atom is 0.269 e. The highest BCUT2D eigenvalue weighted by atomic mass is 16.6. The minimum atomic E-state index is -0.389. The van der Waals surface area contributed by atoms with Crippen LogP contribution in [0.15, 0.2) is 53.7 Å². The van der Waals surface area contributed by atoms with Gasteiger partial charge >= 0.3 is 0 Å². The van der Waals surface area contributed by atoms with Crippen LogP contribution >= 0.6 is 0 Å². The number of carbonyl (C=O) groups excluding carboxylic acids is 2. The van der Waals surface area contributed by atoms with E-state index in [0.717, 1.165) is 22.4 Å². The summed E-state index contributed by atoms with van der Waals surface area (Å²) in [5, 5.41) is 9.28. The van der Waals surface area contributed by atoms with Gasteiger partial charge in [-0.05, 0) is 30.5 Å². The first-order valence-corrected chi connectivity index (χ1v) is 8.46. The first kappa shape index (κ1) is 17.7. The SMILES string of the molecule is Cc1cccc(C)c1NC(=O)CNC(=O)C1=NOC(c2ccccc2)C1. The van der Waals surface area contributed by atoms with Crippen molar-refractivity contribution in [3.05, 3.63) is 65.2 Å². The Morgan fingerprint density at radius 3 is 2.46 bits per heavy atom. The van der Waals surface area contributed by atoms with Crippen molar-refractivity contribution in [2.75, 3.05) is 11.9 Å². The molecule has 0 fully saturated rings. The summed E-state index contributed by atoms with van der Waals surface area (Å²) in [5.41, 5.74) is 3.98. The minimum absolute atomic E-state index is 0.123. The summed E-state index contributed by atoms with van der Waals surface area (Å²) in [5.74, 6) is -0.671. The molecule has 2 N–H and O–H groups in total. The fourth-order valence-corrected chi connectivity index (χ4v) is 2.82. The maximum absolute atomic E-state index is 12.2. The summed E-state index contributed by atoms with van der Waals surface area (Å²) in [6, 6.07) is 15.4. The lowest BCUT2D eigenvalue weighted by atomic mass is 10.0. The van der Waals surface area contributed by atoms with Gasteiger partial charge in [-0.25, -0.2) is 0 Å². The monoisotopic (exact) mass is 351 g/mol. The number of para-hydroxylation sites is 1. The summed E-state index contributed by atoms with van der Waals surface area (Å²) in [4.78, 5) is 29.7. The second kappa shape index (κ2) is 7.82. The van der Waals surface area contributed by atoms with Crippen molar-refractivity contribution in [3.8, 4) is 0 Å². The average Bonchev–Trinajstić information content (AvgIpc) is 3.14. The van der Waals surface area contributed by atoms with Crippen LogP contribution in [0.5, 0.6) is 0 Å². The number of benzene rings is 2. The third-order valence-electron chi connectivity index (χ3n) is 4.26. The number of hydrogen-bond acceptors (Lipinski definition) is 4. The Labute approximate surface area is 152 Å². The van der Waals surface area contributed by atoms with Gasteiger partial charge in [0.05, 0.1) is 6.54 Å². The lowest BCUT2D eigenvalue weighted by Gasteiger charge is -2.11. The van der Waals surface area contributed by atoms with Crippen LogP contribution in [0.25, 0.3) is 0 Å². The van der Waals surface area contributed by atoms with Crippen molar-refractivity contribution in [3.63, 3.8) is 0 Å². The zero-order valence-electron chi connectivity index (χ0n) is 14.8. The molecule has 2 aromatic rings. The second-order valence-electron chi connectivity index (χ2n) is 6.24. The van der Waals surface area contributed by atoms with Gasteiger partial charge in [-0.1, -0.05) is 53.7 Å². The fraction of sp³-hybridized carbons (Fsp3) is 0.250. The number of nitrogens with one attached hydrogen (secondary N) is 2. The number of rotatable bonds is 5. The highest BCUT2D eigenvalue weighted by molar-refractivity contribution is 6.39. The van der Waals surface area contributed by atoms with Gasteiger partial charge < -0.3 is 15.5 Å². The van der Waals surface area contributed by atoms with Gasteiger partial charge in [0.1, 0.15) is 5.71 Å². The number of nitrogens with zero attached hydrogens (tertiary/aromatic N) is 1. The Hall–Kier alpha value is -3.15. The molecule has 2 aromatic carbocycles. The van der Waals surface area contributed by atoms with Crippen LogP contribution in [0.2, 0.25) is 0 Å². The molecule has 0 aromatic heterocycles. The van der Waals surface area contributed by atoms with Gasteiger partial charge in [-0.15, -0.1) is 0 Å². The van der Waals surface area contributed by atoms with Crippen molar-refractivity contribution >= 4 is 23.2 Å². The first-order chi connectivity index (χ1) is 12.5. The number of oxime groups is 1. The average molecular weight is 351 g/mol. The molecule has 0 radical (unpaired) electrons. The second-order valence-corrected chi connectivity index (χ2v) is 6.24. The number of aryl methyl sites for hydroxylation is 2. The van der Waals surface area contributed by atoms with E-state index in [0.29, 0.717) is 12.1 Å². The van der Waals surface area contributed by atoms with Gasteiger partial charge in [-0.3, -0.25) is 9.59 Å². The van der Waals surface area contributed by atoms with Gasteiger partial charge in [0, 0.05) is 12.1 Å². The van der Waals surface area contributed by atoms with Gasteiger partial charge in [0.15, 0.2) is 6.10 Å². The summed E-state index contributed by atoms with van der Waals surface area (Å²) in [6.07, 6.45) is 0.120. The fourth-order valence-electron chi connectivity index (χ4n) is 2.82. The number of carbonyl (C=O) groups is 2. The summed E-state index contributed by atoms with van der Waals surface area (Å²) < 4.78 is 0. The van der Waals surface area contributed by atoms with Crippen LogP contribution in [0.4, 0.5) is 5.69 Å². The molecule has 3 rings (SSSR count). The molecule has 0 bridgehead atoms. The maximum atomic E-state index is 12.2. The van der Waals surface area contributed by atoms with E-state index >= 15 is 0 Å². The molecule has 1 atom stereocenters. The Balaban J connectivity index is 1.51. The number of anilines is 1. The molecule has 0 saturated heterocycles. The molecule has 0 spiro atoms. The van der Waals surface area contributed by atoms with E-state index in [4.69, 9.17) is 4.84 Å². The zero-order valence-corrected chi connectivity index (χ0v) is 14.8. The van der Waals surface area contributed by atoms with E-state index in [1.54, 1.807) is 0 Å². The van der Waals surface area contributed by atoms with E-state index in [2.05, 4.69) is 15.8 Å². The van der Waals surface area contributed by atoms with Crippen molar-refractivity contribution < 1.29 is 14.4 Å². The lowest BCUT2D eigenvalue weighted by molar-refractivity contribution is -0.120. The highest BCUT2D eigenvalue weighted by Gasteiger charge is 2.27. The van der Waals surface area contributed by atoms with E-state index < -0.39 is 0 Å². The molecule has 0 aliphatic carbocycles. The summed E-state index contributed by atoms with van der Waals surface area (Å²) >= 11 is 0. The molecule has 26 heavy (non-hydrogen) atoms. The van der Waals surface area contributed by atoms with E-state index in [-0.39, 0.29) is 24.5 Å². The van der Waals surface area contributed by atoms with Crippen LogP contribution < -0.4 is 10.6 Å². The Morgan fingerprint density at radius 2 is 1.77 bits per heavy atom. The van der Waals surface area contributed by atoms with Crippen molar-refractivity contribution in [2.45, 2.75) is 26.4 Å². The molecule has 134 valence electrons. The number of amides is 2. The third-order valence-corrected chi connectivity index (χ3v) is 4.26. The molecule has 6 heteroatoms.